The zero-order valence-electron chi connectivity index (χ0n) is 24.3. The molecule has 3 heterocycles. The Bertz CT molecular complexity index is 1680. The topological polar surface area (TPSA) is 126 Å². The maximum absolute atomic E-state index is 12.9. The highest BCUT2D eigenvalue weighted by atomic mass is 16.5. The average Bonchev–Trinajstić information content (AvgIpc) is 3.69. The van der Waals surface area contributed by atoms with Crippen molar-refractivity contribution >= 4 is 23.0 Å². The standard InChI is InChI=1S/C31H33N7O5/c1-4-36(15-16-41-3)29(39)24-13-11-22(12-14-24)18-37-21-32-26-27(37)34-31(38-19-25(17-33-38)30(40)42-5-2)35-28(26)43-20-23-9-7-6-8-10-23/h6-14,17,19,21H,4-5,15-16,18,20H2,1-3H3. The first-order valence-electron chi connectivity index (χ1n) is 14.0. The van der Waals surface area contributed by atoms with Crippen LogP contribution in [0.25, 0.3) is 17.1 Å². The Balaban J connectivity index is 1.44. The summed E-state index contributed by atoms with van der Waals surface area (Å²) in [5.74, 6) is -0.0294. The Morgan fingerprint density at radius 2 is 1.74 bits per heavy atom. The van der Waals surface area contributed by atoms with E-state index in [0.717, 1.165) is 11.1 Å². The molecule has 0 bridgehead atoms. The molecular formula is C31H33N7O5. The van der Waals surface area contributed by atoms with Crippen molar-refractivity contribution in [2.75, 3.05) is 33.4 Å². The largest absolute Gasteiger partial charge is 0.471 e. The van der Waals surface area contributed by atoms with E-state index in [0.29, 0.717) is 43.0 Å². The fourth-order valence-electron chi connectivity index (χ4n) is 4.44. The number of hydrogen-bond donors (Lipinski definition) is 0. The van der Waals surface area contributed by atoms with Crippen LogP contribution in [0.5, 0.6) is 5.88 Å². The summed E-state index contributed by atoms with van der Waals surface area (Å²) in [6.07, 6.45) is 4.60. The van der Waals surface area contributed by atoms with Gasteiger partial charge in [0.25, 0.3) is 11.9 Å². The predicted molar refractivity (Wildman–Crippen MR) is 158 cm³/mol. The second-order valence-corrected chi connectivity index (χ2v) is 9.62. The number of esters is 1. The van der Waals surface area contributed by atoms with Gasteiger partial charge in [-0.25, -0.2) is 14.5 Å². The van der Waals surface area contributed by atoms with Crippen molar-refractivity contribution in [2.45, 2.75) is 27.0 Å². The molecule has 0 saturated carbocycles. The summed E-state index contributed by atoms with van der Waals surface area (Å²) in [5.41, 5.74) is 3.82. The molecular weight excluding hydrogens is 550 g/mol. The fourth-order valence-corrected chi connectivity index (χ4v) is 4.44. The highest BCUT2D eigenvalue weighted by Gasteiger charge is 2.19. The van der Waals surface area contributed by atoms with E-state index in [1.165, 1.54) is 17.1 Å². The molecule has 222 valence electrons. The molecule has 5 rings (SSSR count). The van der Waals surface area contributed by atoms with Gasteiger partial charge in [-0.1, -0.05) is 42.5 Å². The van der Waals surface area contributed by atoms with Gasteiger partial charge in [0.05, 0.1) is 37.8 Å². The Labute approximate surface area is 248 Å². The highest BCUT2D eigenvalue weighted by molar-refractivity contribution is 5.94. The molecule has 12 heteroatoms. The number of amides is 1. The van der Waals surface area contributed by atoms with Gasteiger partial charge >= 0.3 is 5.97 Å². The Hall–Kier alpha value is -5.10. The van der Waals surface area contributed by atoms with E-state index in [2.05, 4.69) is 15.1 Å². The molecule has 0 N–H and O–H groups in total. The normalized spacial score (nSPS) is 11.0. The molecule has 0 unspecified atom stereocenters. The van der Waals surface area contributed by atoms with Crippen molar-refractivity contribution in [3.05, 3.63) is 95.6 Å². The lowest BCUT2D eigenvalue weighted by Crippen LogP contribution is -2.33. The Morgan fingerprint density at radius 1 is 0.953 bits per heavy atom. The maximum Gasteiger partial charge on any atom is 0.341 e. The van der Waals surface area contributed by atoms with Crippen LogP contribution in [0.15, 0.2) is 73.3 Å². The smallest absolute Gasteiger partial charge is 0.341 e. The molecule has 0 saturated heterocycles. The molecule has 5 aromatic rings. The Morgan fingerprint density at radius 3 is 2.47 bits per heavy atom. The van der Waals surface area contributed by atoms with Gasteiger partial charge in [0.15, 0.2) is 11.2 Å². The van der Waals surface area contributed by atoms with Gasteiger partial charge in [-0.3, -0.25) is 4.79 Å². The quantitative estimate of drug-likeness (QED) is 0.190. The second kappa shape index (κ2) is 13.7. The first kappa shape index (κ1) is 29.4. The van der Waals surface area contributed by atoms with E-state index < -0.39 is 5.97 Å². The number of ether oxygens (including phenoxy) is 3. The number of imidazole rings is 1. The highest BCUT2D eigenvalue weighted by Crippen LogP contribution is 2.24. The molecule has 0 fully saturated rings. The van der Waals surface area contributed by atoms with Gasteiger partial charge in [-0.2, -0.15) is 15.1 Å². The monoisotopic (exact) mass is 583 g/mol. The molecule has 0 radical (unpaired) electrons. The number of fused-ring (bicyclic) bond motifs is 1. The lowest BCUT2D eigenvalue weighted by molar-refractivity contribution is 0.0526. The van der Waals surface area contributed by atoms with Crippen LogP contribution in [-0.4, -0.2) is 79.5 Å². The number of carbonyl (C=O) groups is 2. The van der Waals surface area contributed by atoms with Gasteiger partial charge in [-0.05, 0) is 37.1 Å². The number of methoxy groups -OCH3 is 1. The van der Waals surface area contributed by atoms with E-state index >= 15 is 0 Å². The van der Waals surface area contributed by atoms with Crippen molar-refractivity contribution in [3.8, 4) is 11.8 Å². The second-order valence-electron chi connectivity index (χ2n) is 9.62. The van der Waals surface area contributed by atoms with Gasteiger partial charge in [0, 0.05) is 32.0 Å². The summed E-state index contributed by atoms with van der Waals surface area (Å²) in [7, 11) is 1.62. The number of rotatable bonds is 13. The van der Waals surface area contributed by atoms with E-state index in [-0.39, 0.29) is 36.5 Å². The van der Waals surface area contributed by atoms with Crippen molar-refractivity contribution in [1.29, 1.82) is 0 Å². The zero-order valence-corrected chi connectivity index (χ0v) is 24.3. The summed E-state index contributed by atoms with van der Waals surface area (Å²) in [4.78, 5) is 40.8. The van der Waals surface area contributed by atoms with E-state index in [1.54, 1.807) is 25.3 Å². The Kier molecular flexibility index (Phi) is 9.37. The van der Waals surface area contributed by atoms with E-state index in [9.17, 15) is 9.59 Å². The molecule has 43 heavy (non-hydrogen) atoms. The molecule has 0 atom stereocenters. The van der Waals surface area contributed by atoms with Gasteiger partial charge in [0.1, 0.15) is 6.61 Å². The number of likely N-dealkylation sites (N-methyl/N-ethyl adjacent to an activating group) is 1. The van der Waals surface area contributed by atoms with Crippen LogP contribution in [0, 0.1) is 0 Å². The number of aromatic nitrogens is 6. The molecule has 1 amide bonds. The third-order valence-electron chi connectivity index (χ3n) is 6.73. The van der Waals surface area contributed by atoms with Crippen molar-refractivity contribution in [3.63, 3.8) is 0 Å². The van der Waals surface area contributed by atoms with Gasteiger partial charge in [-0.15, -0.1) is 0 Å². The van der Waals surface area contributed by atoms with Crippen LogP contribution in [0.4, 0.5) is 0 Å². The minimum Gasteiger partial charge on any atom is -0.471 e. The summed E-state index contributed by atoms with van der Waals surface area (Å²) in [6.45, 7) is 6.26. The third kappa shape index (κ3) is 6.87. The summed E-state index contributed by atoms with van der Waals surface area (Å²) in [5, 5.41) is 4.28. The fraction of sp³-hybridized carbons (Fsp3) is 0.290. The van der Waals surface area contributed by atoms with Crippen LogP contribution in [0.1, 0.15) is 45.7 Å². The van der Waals surface area contributed by atoms with E-state index in [4.69, 9.17) is 19.2 Å². The maximum atomic E-state index is 12.9. The van der Waals surface area contributed by atoms with Gasteiger partial charge in [0.2, 0.25) is 5.88 Å². The van der Waals surface area contributed by atoms with Crippen LogP contribution < -0.4 is 4.74 Å². The van der Waals surface area contributed by atoms with Crippen LogP contribution >= 0.6 is 0 Å². The zero-order chi connectivity index (χ0) is 30.2. The molecule has 2 aromatic carbocycles. The van der Waals surface area contributed by atoms with Crippen LogP contribution in [0.3, 0.4) is 0 Å². The lowest BCUT2D eigenvalue weighted by Gasteiger charge is -2.20. The van der Waals surface area contributed by atoms with E-state index in [1.807, 2.05) is 66.1 Å². The average molecular weight is 584 g/mol. The molecule has 0 aliphatic carbocycles. The minimum atomic E-state index is -0.483. The third-order valence-corrected chi connectivity index (χ3v) is 6.73. The number of hydrogen-bond acceptors (Lipinski definition) is 9. The SMILES string of the molecule is CCOC(=O)c1cnn(-c2nc(OCc3ccccc3)c3ncn(Cc4ccc(C(=O)N(CC)CCOC)cc4)c3n2)c1. The summed E-state index contributed by atoms with van der Waals surface area (Å²) >= 11 is 0. The van der Waals surface area contributed by atoms with Crippen molar-refractivity contribution in [1.82, 2.24) is 34.2 Å². The lowest BCUT2D eigenvalue weighted by atomic mass is 10.1. The number of carbonyl (C=O) groups excluding carboxylic acids is 2. The van der Waals surface area contributed by atoms with Crippen molar-refractivity contribution in [2.24, 2.45) is 0 Å². The summed E-state index contributed by atoms with van der Waals surface area (Å²) < 4.78 is 19.6. The number of benzene rings is 2. The van der Waals surface area contributed by atoms with Crippen LogP contribution in [-0.2, 0) is 22.6 Å². The van der Waals surface area contributed by atoms with Gasteiger partial charge < -0.3 is 23.7 Å². The molecule has 0 aliphatic rings. The van der Waals surface area contributed by atoms with Crippen LogP contribution in [0.2, 0.25) is 0 Å². The summed E-state index contributed by atoms with van der Waals surface area (Å²) in [6, 6.07) is 17.2. The first-order valence-corrected chi connectivity index (χ1v) is 14.0. The number of nitrogens with zero attached hydrogens (tertiary/aromatic N) is 7. The minimum absolute atomic E-state index is 0.0434. The predicted octanol–water partition coefficient (Wildman–Crippen LogP) is 3.92. The molecule has 0 spiro atoms. The molecule has 3 aromatic heterocycles. The first-order chi connectivity index (χ1) is 21.0. The van der Waals surface area contributed by atoms with Crippen molar-refractivity contribution < 1.29 is 23.8 Å². The molecule has 0 aliphatic heterocycles. The molecule has 12 nitrogen and oxygen atoms in total.